The van der Waals surface area contributed by atoms with Gasteiger partial charge in [-0.2, -0.15) is 0 Å². The largest absolute Gasteiger partial charge is 0.368 e. The Hall–Kier alpha value is -1.40. The Kier molecular flexibility index (Phi) is 4.45. The number of halogens is 1. The maximum absolute atomic E-state index is 11.6. The van der Waals surface area contributed by atoms with Gasteiger partial charge in [0.2, 0.25) is 5.91 Å². The number of carbonyl (C=O) groups is 2. The van der Waals surface area contributed by atoms with Gasteiger partial charge in [0.15, 0.2) is 6.61 Å². The van der Waals surface area contributed by atoms with E-state index >= 15 is 0 Å². The van der Waals surface area contributed by atoms with E-state index < -0.39 is 11.8 Å². The third-order valence-electron chi connectivity index (χ3n) is 1.81. The van der Waals surface area contributed by atoms with Crippen molar-refractivity contribution in [2.45, 2.75) is 6.92 Å². The van der Waals surface area contributed by atoms with Crippen LogP contribution in [0.1, 0.15) is 15.9 Å². The predicted molar refractivity (Wildman–Crippen MR) is 61.5 cm³/mol. The first kappa shape index (κ1) is 12.7. The minimum absolute atomic E-state index is 0.346. The fourth-order valence-corrected chi connectivity index (χ4v) is 1.59. The van der Waals surface area contributed by atoms with E-state index in [0.717, 1.165) is 10.0 Å². The van der Waals surface area contributed by atoms with Crippen molar-refractivity contribution < 1.29 is 14.4 Å². The zero-order valence-corrected chi connectivity index (χ0v) is 10.2. The van der Waals surface area contributed by atoms with E-state index in [2.05, 4.69) is 26.2 Å². The number of nitrogens with one attached hydrogen (secondary N) is 1. The molecule has 0 spiro atoms. The van der Waals surface area contributed by atoms with Crippen LogP contribution in [0.3, 0.4) is 0 Å². The lowest BCUT2D eigenvalue weighted by molar-refractivity contribution is -0.124. The van der Waals surface area contributed by atoms with E-state index in [0.29, 0.717) is 5.56 Å². The van der Waals surface area contributed by atoms with E-state index in [1.807, 2.05) is 6.07 Å². The third-order valence-corrected chi connectivity index (χ3v) is 2.31. The number of benzene rings is 1. The lowest BCUT2D eigenvalue weighted by Gasteiger charge is -2.07. The lowest BCUT2D eigenvalue weighted by atomic mass is 10.1. The van der Waals surface area contributed by atoms with Gasteiger partial charge in [-0.05, 0) is 30.7 Å². The number of hydroxylamine groups is 1. The summed E-state index contributed by atoms with van der Waals surface area (Å²) in [5.74, 6) is -1.06. The number of carbonyl (C=O) groups excluding carboxylic acids is 2. The average Bonchev–Trinajstić information content (AvgIpc) is 2.16. The number of hydrogen-bond donors (Lipinski definition) is 2. The van der Waals surface area contributed by atoms with Gasteiger partial charge in [0.25, 0.3) is 5.91 Å². The summed E-state index contributed by atoms with van der Waals surface area (Å²) in [4.78, 5) is 26.5. The van der Waals surface area contributed by atoms with Crippen molar-refractivity contribution in [3.8, 4) is 0 Å². The molecule has 0 aliphatic rings. The van der Waals surface area contributed by atoms with Crippen molar-refractivity contribution in [2.24, 2.45) is 5.73 Å². The number of amides is 2. The summed E-state index contributed by atoms with van der Waals surface area (Å²) in [6, 6.07) is 5.21. The van der Waals surface area contributed by atoms with Gasteiger partial charge in [0.1, 0.15) is 0 Å². The molecular weight excluding hydrogens is 276 g/mol. The lowest BCUT2D eigenvalue weighted by Crippen LogP contribution is -2.29. The second-order valence-corrected chi connectivity index (χ2v) is 4.06. The fourth-order valence-electron chi connectivity index (χ4n) is 1.11. The molecule has 5 nitrogen and oxygen atoms in total. The standard InChI is InChI=1S/C10H11BrN2O3/c1-6-4-7(11)2-3-8(6)10(15)13-16-5-9(12)14/h2-4H,5H2,1H3,(H2,12,14)(H,13,15). The SMILES string of the molecule is Cc1cc(Br)ccc1C(=O)NOCC(N)=O. The molecule has 0 atom stereocenters. The second-order valence-electron chi connectivity index (χ2n) is 3.15. The van der Waals surface area contributed by atoms with E-state index in [-0.39, 0.29) is 6.61 Å². The van der Waals surface area contributed by atoms with Gasteiger partial charge in [0, 0.05) is 10.0 Å². The molecule has 0 saturated heterocycles. The maximum atomic E-state index is 11.6. The molecule has 0 aromatic heterocycles. The monoisotopic (exact) mass is 286 g/mol. The first-order chi connectivity index (χ1) is 7.50. The van der Waals surface area contributed by atoms with Crippen LogP contribution in [0.2, 0.25) is 0 Å². The van der Waals surface area contributed by atoms with Crippen molar-refractivity contribution >= 4 is 27.7 Å². The topological polar surface area (TPSA) is 81.4 Å². The van der Waals surface area contributed by atoms with Crippen LogP contribution in [0, 0.1) is 6.92 Å². The highest BCUT2D eigenvalue weighted by Crippen LogP contribution is 2.15. The summed E-state index contributed by atoms with van der Waals surface area (Å²) in [5, 5.41) is 0. The molecule has 1 rings (SSSR count). The molecule has 1 aromatic rings. The van der Waals surface area contributed by atoms with Gasteiger partial charge in [-0.15, -0.1) is 0 Å². The molecule has 0 aliphatic carbocycles. The molecule has 2 amide bonds. The fraction of sp³-hybridized carbons (Fsp3) is 0.200. The summed E-state index contributed by atoms with van der Waals surface area (Å²) in [6.07, 6.45) is 0. The molecule has 3 N–H and O–H groups in total. The summed E-state index contributed by atoms with van der Waals surface area (Å²) in [6.45, 7) is 1.45. The van der Waals surface area contributed by atoms with Crippen LogP contribution in [0.4, 0.5) is 0 Å². The van der Waals surface area contributed by atoms with Gasteiger partial charge < -0.3 is 5.73 Å². The minimum atomic E-state index is -0.646. The van der Waals surface area contributed by atoms with Crippen LogP contribution in [0.5, 0.6) is 0 Å². The smallest absolute Gasteiger partial charge is 0.275 e. The Bertz CT molecular complexity index is 421. The molecule has 0 fully saturated rings. The Morgan fingerprint density at radius 3 is 2.75 bits per heavy atom. The first-order valence-corrected chi connectivity index (χ1v) is 5.26. The summed E-state index contributed by atoms with van der Waals surface area (Å²) in [7, 11) is 0. The highest BCUT2D eigenvalue weighted by Gasteiger charge is 2.09. The van der Waals surface area contributed by atoms with E-state index in [1.54, 1.807) is 19.1 Å². The summed E-state index contributed by atoms with van der Waals surface area (Å²) < 4.78 is 0.889. The molecule has 0 aliphatic heterocycles. The second kappa shape index (κ2) is 5.62. The average molecular weight is 287 g/mol. The molecule has 6 heteroatoms. The molecule has 0 heterocycles. The zero-order chi connectivity index (χ0) is 12.1. The normalized spacial score (nSPS) is 9.88. The van der Waals surface area contributed by atoms with Crippen LogP contribution in [0.15, 0.2) is 22.7 Å². The highest BCUT2D eigenvalue weighted by atomic mass is 79.9. The first-order valence-electron chi connectivity index (χ1n) is 4.47. The molecule has 0 saturated carbocycles. The Balaban J connectivity index is 2.63. The molecule has 0 radical (unpaired) electrons. The van der Waals surface area contributed by atoms with Crippen LogP contribution < -0.4 is 11.2 Å². The summed E-state index contributed by atoms with van der Waals surface area (Å²) in [5.41, 5.74) is 8.26. The Morgan fingerprint density at radius 2 is 2.19 bits per heavy atom. The van der Waals surface area contributed by atoms with Gasteiger partial charge in [-0.25, -0.2) is 5.48 Å². The molecule has 86 valence electrons. The highest BCUT2D eigenvalue weighted by molar-refractivity contribution is 9.10. The van der Waals surface area contributed by atoms with Crippen molar-refractivity contribution in [1.82, 2.24) is 5.48 Å². The maximum Gasteiger partial charge on any atom is 0.275 e. The van der Waals surface area contributed by atoms with E-state index in [4.69, 9.17) is 5.73 Å². The molecule has 1 aromatic carbocycles. The Labute approximate surface area is 101 Å². The van der Waals surface area contributed by atoms with Gasteiger partial charge in [0.05, 0.1) is 0 Å². The molecule has 0 bridgehead atoms. The molecular formula is C10H11BrN2O3. The van der Waals surface area contributed by atoms with Crippen LogP contribution in [-0.2, 0) is 9.63 Å². The van der Waals surface area contributed by atoms with Crippen molar-refractivity contribution in [3.63, 3.8) is 0 Å². The van der Waals surface area contributed by atoms with Crippen LogP contribution >= 0.6 is 15.9 Å². The van der Waals surface area contributed by atoms with E-state index in [9.17, 15) is 9.59 Å². The van der Waals surface area contributed by atoms with E-state index in [1.165, 1.54) is 0 Å². The molecule has 0 unspecified atom stereocenters. The quantitative estimate of drug-likeness (QED) is 0.807. The summed E-state index contributed by atoms with van der Waals surface area (Å²) >= 11 is 3.29. The van der Waals surface area contributed by atoms with Gasteiger partial charge in [-0.3, -0.25) is 14.4 Å². The molecule has 16 heavy (non-hydrogen) atoms. The third kappa shape index (κ3) is 3.63. The van der Waals surface area contributed by atoms with Crippen LogP contribution in [0.25, 0.3) is 0 Å². The van der Waals surface area contributed by atoms with Crippen molar-refractivity contribution in [1.29, 1.82) is 0 Å². The van der Waals surface area contributed by atoms with Crippen LogP contribution in [-0.4, -0.2) is 18.4 Å². The predicted octanol–water partition coefficient (Wildman–Crippen LogP) is 0.904. The Morgan fingerprint density at radius 1 is 1.50 bits per heavy atom. The zero-order valence-electron chi connectivity index (χ0n) is 8.62. The number of rotatable bonds is 4. The van der Waals surface area contributed by atoms with Gasteiger partial charge in [-0.1, -0.05) is 15.9 Å². The number of aryl methyl sites for hydroxylation is 1. The number of nitrogens with two attached hydrogens (primary N) is 1. The number of hydrogen-bond acceptors (Lipinski definition) is 3. The van der Waals surface area contributed by atoms with Gasteiger partial charge >= 0.3 is 0 Å². The van der Waals surface area contributed by atoms with Crippen molar-refractivity contribution in [3.05, 3.63) is 33.8 Å². The number of primary amides is 1. The minimum Gasteiger partial charge on any atom is -0.368 e. The van der Waals surface area contributed by atoms with Crippen molar-refractivity contribution in [2.75, 3.05) is 6.61 Å².